The van der Waals surface area contributed by atoms with Crippen LogP contribution in [0.5, 0.6) is 0 Å². The molecule has 0 bridgehead atoms. The van der Waals surface area contributed by atoms with Gasteiger partial charge in [-0.1, -0.05) is 78.9 Å². The average Bonchev–Trinajstić information content (AvgIpc) is 3.06. The first-order valence-corrected chi connectivity index (χ1v) is 9.88. The molecule has 0 aliphatic heterocycles. The number of carbonyl (C=O) groups excluding carboxylic acids is 1. The Hall–Kier alpha value is -3.60. The van der Waals surface area contributed by atoms with Gasteiger partial charge < -0.3 is 15.2 Å². The van der Waals surface area contributed by atoms with E-state index in [-0.39, 0.29) is 18.9 Å². The first-order chi connectivity index (χ1) is 14.5. The van der Waals surface area contributed by atoms with E-state index >= 15 is 0 Å². The van der Waals surface area contributed by atoms with Crippen molar-refractivity contribution in [2.75, 3.05) is 6.61 Å². The molecule has 5 nitrogen and oxygen atoms in total. The summed E-state index contributed by atoms with van der Waals surface area (Å²) in [6, 6.07) is 25.3. The van der Waals surface area contributed by atoms with Crippen LogP contribution in [0.3, 0.4) is 0 Å². The number of hydrogen-bond acceptors (Lipinski definition) is 3. The van der Waals surface area contributed by atoms with Crippen LogP contribution in [0.25, 0.3) is 11.1 Å². The molecular weight excluding hydrogens is 378 g/mol. The fourth-order valence-electron chi connectivity index (χ4n) is 4.19. The summed E-state index contributed by atoms with van der Waals surface area (Å²) in [7, 11) is 0. The molecule has 0 spiro atoms. The number of fused-ring (bicyclic) bond motifs is 3. The van der Waals surface area contributed by atoms with Crippen LogP contribution in [0.2, 0.25) is 0 Å². The van der Waals surface area contributed by atoms with Crippen LogP contribution in [0.15, 0.2) is 78.9 Å². The highest BCUT2D eigenvalue weighted by molar-refractivity contribution is 5.79. The SMILES string of the molecule is CC(CC(=O)O)(NC(=O)OCC1c2ccccc2-c2ccccc21)c1ccccc1. The van der Waals surface area contributed by atoms with E-state index in [4.69, 9.17) is 4.74 Å². The molecule has 1 atom stereocenters. The number of carboxylic acids is 1. The van der Waals surface area contributed by atoms with Crippen molar-refractivity contribution in [1.82, 2.24) is 5.32 Å². The normalized spacial score (nSPS) is 14.3. The smallest absolute Gasteiger partial charge is 0.407 e. The van der Waals surface area contributed by atoms with Crippen molar-refractivity contribution in [3.63, 3.8) is 0 Å². The maximum Gasteiger partial charge on any atom is 0.407 e. The quantitative estimate of drug-likeness (QED) is 0.615. The minimum absolute atomic E-state index is 0.0504. The first-order valence-electron chi connectivity index (χ1n) is 9.88. The number of rotatable bonds is 6. The molecule has 1 aliphatic rings. The molecule has 1 amide bonds. The first kappa shape index (κ1) is 19.7. The summed E-state index contributed by atoms with van der Waals surface area (Å²) >= 11 is 0. The number of hydrogen-bond donors (Lipinski definition) is 2. The summed E-state index contributed by atoms with van der Waals surface area (Å²) in [5, 5.41) is 12.1. The lowest BCUT2D eigenvalue weighted by Crippen LogP contribution is -2.45. The third kappa shape index (κ3) is 3.79. The van der Waals surface area contributed by atoms with Crippen molar-refractivity contribution >= 4 is 12.1 Å². The lowest BCUT2D eigenvalue weighted by atomic mass is 9.89. The Morgan fingerprint density at radius 1 is 0.900 bits per heavy atom. The fraction of sp³-hybridized carbons (Fsp3) is 0.200. The molecule has 2 N–H and O–H groups in total. The second kappa shape index (κ2) is 8.03. The van der Waals surface area contributed by atoms with Crippen molar-refractivity contribution in [1.29, 1.82) is 0 Å². The Balaban J connectivity index is 1.51. The highest BCUT2D eigenvalue weighted by Gasteiger charge is 2.33. The van der Waals surface area contributed by atoms with Crippen LogP contribution in [0.4, 0.5) is 4.79 Å². The van der Waals surface area contributed by atoms with Gasteiger partial charge in [0, 0.05) is 5.92 Å². The van der Waals surface area contributed by atoms with Crippen LogP contribution in [-0.4, -0.2) is 23.8 Å². The van der Waals surface area contributed by atoms with Crippen LogP contribution in [0, 0.1) is 0 Å². The lowest BCUT2D eigenvalue weighted by molar-refractivity contribution is -0.138. The van der Waals surface area contributed by atoms with E-state index in [9.17, 15) is 14.7 Å². The van der Waals surface area contributed by atoms with E-state index < -0.39 is 17.6 Å². The molecule has 4 rings (SSSR count). The Morgan fingerprint density at radius 2 is 1.43 bits per heavy atom. The van der Waals surface area contributed by atoms with Gasteiger partial charge in [0.1, 0.15) is 6.61 Å². The van der Waals surface area contributed by atoms with Gasteiger partial charge >= 0.3 is 12.1 Å². The molecule has 5 heteroatoms. The van der Waals surface area contributed by atoms with Crippen molar-refractivity contribution < 1.29 is 19.4 Å². The van der Waals surface area contributed by atoms with Gasteiger partial charge in [-0.25, -0.2) is 4.79 Å². The lowest BCUT2D eigenvalue weighted by Gasteiger charge is -2.29. The van der Waals surface area contributed by atoms with Gasteiger partial charge in [-0.05, 0) is 34.7 Å². The number of carboxylic acid groups (broad SMARTS) is 1. The zero-order valence-electron chi connectivity index (χ0n) is 16.7. The summed E-state index contributed by atoms with van der Waals surface area (Å²) in [5.74, 6) is -1.05. The van der Waals surface area contributed by atoms with Crippen molar-refractivity contribution in [2.45, 2.75) is 24.8 Å². The molecule has 0 heterocycles. The second-order valence-corrected chi connectivity index (χ2v) is 7.72. The molecule has 30 heavy (non-hydrogen) atoms. The van der Waals surface area contributed by atoms with Gasteiger partial charge in [-0.2, -0.15) is 0 Å². The molecule has 152 valence electrons. The second-order valence-electron chi connectivity index (χ2n) is 7.72. The summed E-state index contributed by atoms with van der Waals surface area (Å²) in [6.45, 7) is 1.87. The van der Waals surface area contributed by atoms with Gasteiger partial charge in [-0.3, -0.25) is 4.79 Å². The zero-order chi connectivity index (χ0) is 21.1. The van der Waals surface area contributed by atoms with Gasteiger partial charge in [0.05, 0.1) is 12.0 Å². The molecule has 1 aliphatic carbocycles. The Morgan fingerprint density at radius 3 is 2.00 bits per heavy atom. The average molecular weight is 401 g/mol. The number of carbonyl (C=O) groups is 2. The number of alkyl carbamates (subject to hydrolysis) is 1. The van der Waals surface area contributed by atoms with E-state index in [1.807, 2.05) is 42.5 Å². The molecule has 0 saturated heterocycles. The Kier molecular flexibility index (Phi) is 5.27. The predicted octanol–water partition coefficient (Wildman–Crippen LogP) is 4.92. The van der Waals surface area contributed by atoms with Gasteiger partial charge in [0.25, 0.3) is 0 Å². The number of nitrogens with one attached hydrogen (secondary N) is 1. The van der Waals surface area contributed by atoms with Gasteiger partial charge in [-0.15, -0.1) is 0 Å². The van der Waals surface area contributed by atoms with E-state index in [1.54, 1.807) is 19.1 Å². The maximum absolute atomic E-state index is 12.7. The van der Waals surface area contributed by atoms with Gasteiger partial charge in [0.2, 0.25) is 0 Å². The summed E-state index contributed by atoms with van der Waals surface area (Å²) in [6.07, 6.45) is -0.884. The molecule has 0 radical (unpaired) electrons. The van der Waals surface area contributed by atoms with E-state index in [0.717, 1.165) is 22.3 Å². The third-order valence-electron chi connectivity index (χ3n) is 5.64. The van der Waals surface area contributed by atoms with E-state index in [0.29, 0.717) is 5.56 Å². The Bertz CT molecular complexity index is 1030. The Labute approximate surface area is 175 Å². The van der Waals surface area contributed by atoms with E-state index in [2.05, 4.69) is 29.6 Å². The summed E-state index contributed by atoms with van der Waals surface area (Å²) in [5.41, 5.74) is 4.20. The highest BCUT2D eigenvalue weighted by Crippen LogP contribution is 2.44. The number of benzene rings is 3. The number of amides is 1. The van der Waals surface area contributed by atoms with Crippen LogP contribution in [0.1, 0.15) is 36.0 Å². The molecule has 0 saturated carbocycles. The zero-order valence-corrected chi connectivity index (χ0v) is 16.7. The van der Waals surface area contributed by atoms with Crippen LogP contribution in [-0.2, 0) is 15.1 Å². The minimum Gasteiger partial charge on any atom is -0.481 e. The topological polar surface area (TPSA) is 75.6 Å². The van der Waals surface area contributed by atoms with Gasteiger partial charge in [0.15, 0.2) is 0 Å². The predicted molar refractivity (Wildman–Crippen MR) is 114 cm³/mol. The standard InChI is InChI=1S/C25H23NO4/c1-25(15-23(27)28,17-9-3-2-4-10-17)26-24(29)30-16-22-20-13-7-5-11-18(20)19-12-6-8-14-21(19)22/h2-14,22H,15-16H2,1H3,(H,26,29)(H,27,28). The molecular formula is C25H23NO4. The number of aliphatic carboxylic acids is 1. The van der Waals surface area contributed by atoms with Crippen molar-refractivity contribution in [2.24, 2.45) is 0 Å². The molecule has 3 aromatic carbocycles. The van der Waals surface area contributed by atoms with Crippen molar-refractivity contribution in [3.05, 3.63) is 95.6 Å². The molecule has 0 aromatic heterocycles. The maximum atomic E-state index is 12.7. The highest BCUT2D eigenvalue weighted by atomic mass is 16.5. The van der Waals surface area contributed by atoms with E-state index in [1.165, 1.54) is 0 Å². The minimum atomic E-state index is -1.07. The molecule has 1 unspecified atom stereocenters. The van der Waals surface area contributed by atoms with Crippen molar-refractivity contribution in [3.8, 4) is 11.1 Å². The molecule has 0 fully saturated rings. The molecule has 3 aromatic rings. The van der Waals surface area contributed by atoms with Crippen LogP contribution >= 0.6 is 0 Å². The summed E-state index contributed by atoms with van der Waals surface area (Å²) < 4.78 is 5.60. The largest absolute Gasteiger partial charge is 0.481 e. The monoisotopic (exact) mass is 401 g/mol. The summed E-state index contributed by atoms with van der Waals surface area (Å²) in [4.78, 5) is 24.1. The third-order valence-corrected chi connectivity index (χ3v) is 5.64. The fourth-order valence-corrected chi connectivity index (χ4v) is 4.19. The number of ether oxygens (including phenoxy) is 1. The van der Waals surface area contributed by atoms with Crippen LogP contribution < -0.4 is 5.32 Å².